The monoisotopic (exact) mass is 295 g/mol. The Labute approximate surface area is 125 Å². The normalized spacial score (nSPS) is 20.9. The van der Waals surface area contributed by atoms with Crippen LogP contribution in [0.3, 0.4) is 0 Å². The first-order chi connectivity index (χ1) is 9.61. The van der Waals surface area contributed by atoms with Gasteiger partial charge in [0.2, 0.25) is 5.91 Å². The van der Waals surface area contributed by atoms with Crippen LogP contribution in [0, 0.1) is 0 Å². The summed E-state index contributed by atoms with van der Waals surface area (Å²) in [6.45, 7) is 6.25. The average Bonchev–Trinajstić information content (AvgIpc) is 2.62. The van der Waals surface area contributed by atoms with Crippen molar-refractivity contribution in [2.24, 2.45) is 0 Å². The van der Waals surface area contributed by atoms with Crippen LogP contribution in [0.2, 0.25) is 0 Å². The molecule has 1 amide bonds. The minimum absolute atomic E-state index is 0.135. The number of nitrogens with zero attached hydrogens (tertiary/aromatic N) is 1. The van der Waals surface area contributed by atoms with E-state index in [2.05, 4.69) is 0 Å². The van der Waals surface area contributed by atoms with Crippen LogP contribution >= 0.6 is 11.6 Å². The molecule has 1 aliphatic heterocycles. The Balaban J connectivity index is 1.99. The molecule has 0 aromatic carbocycles. The van der Waals surface area contributed by atoms with E-state index in [4.69, 9.17) is 16.3 Å². The lowest BCUT2D eigenvalue weighted by atomic mass is 10.0. The molecule has 0 bridgehead atoms. The van der Waals surface area contributed by atoms with Gasteiger partial charge in [0, 0.05) is 30.3 Å². The minimum atomic E-state index is 0.135. The number of hydrogen-bond acceptors (Lipinski definition) is 2. The zero-order chi connectivity index (χ0) is 14.5. The molecule has 1 saturated heterocycles. The fraction of sp³-hybridized carbons (Fsp3) is 0.562. The van der Waals surface area contributed by atoms with Crippen molar-refractivity contribution < 1.29 is 9.53 Å². The van der Waals surface area contributed by atoms with E-state index >= 15 is 0 Å². The first-order valence-corrected chi connectivity index (χ1v) is 7.64. The van der Waals surface area contributed by atoms with E-state index in [0.29, 0.717) is 17.6 Å². The lowest BCUT2D eigenvalue weighted by molar-refractivity contribution is -0.129. The van der Waals surface area contributed by atoms with E-state index in [1.165, 1.54) is 0 Å². The first kappa shape index (κ1) is 15.3. The number of rotatable bonds is 3. The van der Waals surface area contributed by atoms with Crippen LogP contribution < -0.4 is 0 Å². The molecule has 1 fully saturated rings. The Hall–Kier alpha value is -1.06. The summed E-state index contributed by atoms with van der Waals surface area (Å²) in [5.74, 6) is 0.135. The van der Waals surface area contributed by atoms with Crippen molar-refractivity contribution in [3.63, 3.8) is 0 Å². The fourth-order valence-corrected chi connectivity index (χ4v) is 2.77. The zero-order valence-electron chi connectivity index (χ0n) is 12.2. The van der Waals surface area contributed by atoms with Gasteiger partial charge in [0.25, 0.3) is 0 Å². The van der Waals surface area contributed by atoms with Crippen LogP contribution in [0.15, 0.2) is 34.4 Å². The van der Waals surface area contributed by atoms with E-state index < -0.39 is 0 Å². The lowest BCUT2D eigenvalue weighted by Gasteiger charge is -2.32. The van der Waals surface area contributed by atoms with Crippen molar-refractivity contribution in [3.05, 3.63) is 34.4 Å². The van der Waals surface area contributed by atoms with Crippen LogP contribution in [-0.4, -0.2) is 36.6 Å². The van der Waals surface area contributed by atoms with Crippen LogP contribution in [0.5, 0.6) is 0 Å². The lowest BCUT2D eigenvalue weighted by Crippen LogP contribution is -2.41. The average molecular weight is 296 g/mol. The highest BCUT2D eigenvalue weighted by molar-refractivity contribution is 6.31. The van der Waals surface area contributed by atoms with Crippen LogP contribution in [0.25, 0.3) is 0 Å². The molecule has 1 aliphatic carbocycles. The second-order valence-corrected chi connectivity index (χ2v) is 5.66. The van der Waals surface area contributed by atoms with Crippen molar-refractivity contribution in [2.75, 3.05) is 19.7 Å². The topological polar surface area (TPSA) is 29.5 Å². The van der Waals surface area contributed by atoms with Gasteiger partial charge in [-0.1, -0.05) is 17.7 Å². The number of ether oxygens (including phenoxy) is 1. The summed E-state index contributed by atoms with van der Waals surface area (Å²) in [5, 5.41) is 0.711. The second-order valence-electron chi connectivity index (χ2n) is 5.25. The molecule has 0 atom stereocenters. The largest absolute Gasteiger partial charge is 0.378 e. The third kappa shape index (κ3) is 3.74. The molecule has 3 nitrogen and oxygen atoms in total. The maximum atomic E-state index is 12.5. The summed E-state index contributed by atoms with van der Waals surface area (Å²) in [4.78, 5) is 14.5. The van der Waals surface area contributed by atoms with Gasteiger partial charge in [-0.2, -0.15) is 0 Å². The predicted octanol–water partition coefficient (Wildman–Crippen LogP) is 3.41. The minimum Gasteiger partial charge on any atom is -0.378 e. The van der Waals surface area contributed by atoms with Gasteiger partial charge in [0.1, 0.15) is 0 Å². The standard InChI is InChI=1S/C16H22ClNO2/c1-3-20-14-7-9-18(10-8-14)16(19)13-5-4-6-15(17)12(2)11-13/h4,6,11,14H,3,5,7-10H2,1-2H3. The number of likely N-dealkylation sites (tertiary alicyclic amines) is 1. The van der Waals surface area contributed by atoms with Crippen LogP contribution in [0.4, 0.5) is 0 Å². The summed E-state index contributed by atoms with van der Waals surface area (Å²) in [6.07, 6.45) is 8.56. The van der Waals surface area contributed by atoms with Gasteiger partial charge in [-0.25, -0.2) is 0 Å². The van der Waals surface area contributed by atoms with Gasteiger partial charge in [0.05, 0.1) is 6.10 Å². The molecular weight excluding hydrogens is 274 g/mol. The molecule has 0 aromatic rings. The van der Waals surface area contributed by atoms with E-state index in [-0.39, 0.29) is 5.91 Å². The predicted molar refractivity (Wildman–Crippen MR) is 81.6 cm³/mol. The molecule has 0 N–H and O–H groups in total. The Morgan fingerprint density at radius 2 is 2.15 bits per heavy atom. The van der Waals surface area contributed by atoms with Gasteiger partial charge in [-0.3, -0.25) is 4.79 Å². The molecule has 4 heteroatoms. The molecule has 0 saturated carbocycles. The van der Waals surface area contributed by atoms with E-state index in [0.717, 1.165) is 43.7 Å². The SMILES string of the molecule is CCOC1CCN(C(=O)C2=CC(C)=C(Cl)C=CC2)CC1. The Kier molecular flexibility index (Phi) is 5.44. The quantitative estimate of drug-likeness (QED) is 0.798. The molecule has 110 valence electrons. The zero-order valence-corrected chi connectivity index (χ0v) is 12.9. The molecule has 2 rings (SSSR count). The van der Waals surface area contributed by atoms with E-state index in [1.807, 2.05) is 37.0 Å². The van der Waals surface area contributed by atoms with Crippen molar-refractivity contribution in [2.45, 2.75) is 39.2 Å². The Morgan fingerprint density at radius 3 is 2.80 bits per heavy atom. The van der Waals surface area contributed by atoms with Crippen molar-refractivity contribution >= 4 is 17.5 Å². The van der Waals surface area contributed by atoms with Gasteiger partial charge in [-0.05, 0) is 50.8 Å². The van der Waals surface area contributed by atoms with E-state index in [9.17, 15) is 4.79 Å². The molecule has 20 heavy (non-hydrogen) atoms. The van der Waals surface area contributed by atoms with Gasteiger partial charge < -0.3 is 9.64 Å². The summed E-state index contributed by atoms with van der Waals surface area (Å²) < 4.78 is 5.62. The number of carbonyl (C=O) groups excluding carboxylic acids is 1. The maximum absolute atomic E-state index is 12.5. The number of carbonyl (C=O) groups is 1. The number of halogens is 1. The van der Waals surface area contributed by atoms with Crippen LogP contribution in [0.1, 0.15) is 33.1 Å². The van der Waals surface area contributed by atoms with Crippen LogP contribution in [-0.2, 0) is 9.53 Å². The Bertz CT molecular complexity index is 457. The second kappa shape index (κ2) is 7.09. The smallest absolute Gasteiger partial charge is 0.250 e. The number of allylic oxidation sites excluding steroid dienone is 5. The summed E-state index contributed by atoms with van der Waals surface area (Å²) in [6, 6.07) is 0. The molecule has 0 radical (unpaired) electrons. The number of hydrogen-bond donors (Lipinski definition) is 0. The molecular formula is C16H22ClNO2. The summed E-state index contributed by atoms with van der Waals surface area (Å²) >= 11 is 6.09. The first-order valence-electron chi connectivity index (χ1n) is 7.26. The number of amides is 1. The van der Waals surface area contributed by atoms with Gasteiger partial charge in [-0.15, -0.1) is 0 Å². The third-order valence-corrected chi connectivity index (χ3v) is 4.20. The van der Waals surface area contributed by atoms with Crippen molar-refractivity contribution in [1.82, 2.24) is 4.90 Å². The highest BCUT2D eigenvalue weighted by atomic mass is 35.5. The highest BCUT2D eigenvalue weighted by Crippen LogP contribution is 2.23. The third-order valence-electron chi connectivity index (χ3n) is 3.78. The van der Waals surface area contributed by atoms with Crippen molar-refractivity contribution in [3.8, 4) is 0 Å². The molecule has 0 spiro atoms. The van der Waals surface area contributed by atoms with Gasteiger partial charge in [0.15, 0.2) is 0 Å². The Morgan fingerprint density at radius 1 is 1.45 bits per heavy atom. The molecule has 0 aromatic heterocycles. The fourth-order valence-electron chi connectivity index (χ4n) is 2.62. The summed E-state index contributed by atoms with van der Waals surface area (Å²) in [5.41, 5.74) is 1.78. The van der Waals surface area contributed by atoms with E-state index in [1.54, 1.807) is 0 Å². The highest BCUT2D eigenvalue weighted by Gasteiger charge is 2.25. The molecule has 2 aliphatic rings. The maximum Gasteiger partial charge on any atom is 0.250 e. The molecule has 1 heterocycles. The molecule has 0 unspecified atom stereocenters. The van der Waals surface area contributed by atoms with Crippen molar-refractivity contribution in [1.29, 1.82) is 0 Å². The van der Waals surface area contributed by atoms with Gasteiger partial charge >= 0.3 is 0 Å². The number of piperidine rings is 1. The summed E-state index contributed by atoms with van der Waals surface area (Å²) in [7, 11) is 0.